The molecule has 0 saturated heterocycles. The average molecular weight is 258 g/mol. The van der Waals surface area contributed by atoms with Gasteiger partial charge in [-0.2, -0.15) is 5.10 Å². The second-order valence-corrected chi connectivity index (χ2v) is 4.86. The van der Waals surface area contributed by atoms with Crippen LogP contribution in [0.2, 0.25) is 0 Å². The molecule has 0 unspecified atom stereocenters. The summed E-state index contributed by atoms with van der Waals surface area (Å²) in [5, 5.41) is 34.6. The van der Waals surface area contributed by atoms with E-state index in [1.54, 1.807) is 4.68 Å². The number of nitrogens with one attached hydrogen (secondary N) is 1. The van der Waals surface area contributed by atoms with Gasteiger partial charge >= 0.3 is 0 Å². The molecule has 0 bridgehead atoms. The lowest BCUT2D eigenvalue weighted by atomic mass is 10.0. The summed E-state index contributed by atoms with van der Waals surface area (Å²) >= 11 is 0. The first kappa shape index (κ1) is 15.0. The maximum Gasteiger partial charge on any atom is 0.140 e. The zero-order valence-corrected chi connectivity index (χ0v) is 10.9. The van der Waals surface area contributed by atoms with E-state index in [1.807, 2.05) is 0 Å². The molecule has 0 spiro atoms. The summed E-state index contributed by atoms with van der Waals surface area (Å²) in [6.45, 7) is 4.20. The van der Waals surface area contributed by atoms with Gasteiger partial charge < -0.3 is 15.3 Å². The summed E-state index contributed by atoms with van der Waals surface area (Å²) in [5.74, 6) is 1.16. The molecule has 0 aromatic carbocycles. The minimum Gasteiger partial charge on any atom is -0.394 e. The molecule has 0 aliphatic heterocycles. The van der Waals surface area contributed by atoms with Crippen molar-refractivity contribution in [2.75, 3.05) is 19.8 Å². The summed E-state index contributed by atoms with van der Waals surface area (Å²) in [4.78, 5) is 4.12. The Kier molecular flexibility index (Phi) is 5.67. The van der Waals surface area contributed by atoms with Gasteiger partial charge in [-0.05, 0) is 5.92 Å². The molecule has 7 heteroatoms. The second-order valence-electron chi connectivity index (χ2n) is 4.86. The van der Waals surface area contributed by atoms with E-state index in [1.165, 1.54) is 6.33 Å². The van der Waals surface area contributed by atoms with Crippen molar-refractivity contribution in [3.63, 3.8) is 0 Å². The van der Waals surface area contributed by atoms with Gasteiger partial charge in [0.25, 0.3) is 0 Å². The molecule has 18 heavy (non-hydrogen) atoms. The first-order valence-corrected chi connectivity index (χ1v) is 6.01. The number of rotatable bonds is 8. The first-order valence-electron chi connectivity index (χ1n) is 6.01. The van der Waals surface area contributed by atoms with Gasteiger partial charge in [0.05, 0.1) is 31.9 Å². The second kappa shape index (κ2) is 6.79. The van der Waals surface area contributed by atoms with Gasteiger partial charge in [-0.15, -0.1) is 0 Å². The Balaban J connectivity index is 2.65. The van der Waals surface area contributed by atoms with Crippen LogP contribution in [0.4, 0.5) is 0 Å². The highest BCUT2D eigenvalue weighted by molar-refractivity contribution is 4.91. The summed E-state index contributed by atoms with van der Waals surface area (Å²) in [7, 11) is 0. The Morgan fingerprint density at radius 1 is 1.28 bits per heavy atom. The third-order valence-corrected chi connectivity index (χ3v) is 2.76. The van der Waals surface area contributed by atoms with Crippen molar-refractivity contribution >= 4 is 0 Å². The van der Waals surface area contributed by atoms with Gasteiger partial charge in [-0.25, -0.2) is 9.67 Å². The highest BCUT2D eigenvalue weighted by atomic mass is 16.3. The maximum absolute atomic E-state index is 9.19. The van der Waals surface area contributed by atoms with Gasteiger partial charge in [0.2, 0.25) is 0 Å². The predicted molar refractivity (Wildman–Crippen MR) is 65.7 cm³/mol. The van der Waals surface area contributed by atoms with E-state index in [-0.39, 0.29) is 19.8 Å². The Bertz CT molecular complexity index is 342. The lowest BCUT2D eigenvalue weighted by Gasteiger charge is -2.28. The van der Waals surface area contributed by atoms with Gasteiger partial charge in [-0.3, -0.25) is 5.32 Å². The number of aromatic nitrogens is 3. The van der Waals surface area contributed by atoms with E-state index >= 15 is 0 Å². The largest absolute Gasteiger partial charge is 0.394 e. The topological polar surface area (TPSA) is 103 Å². The first-order chi connectivity index (χ1) is 8.56. The van der Waals surface area contributed by atoms with Crippen LogP contribution in [0.15, 0.2) is 6.33 Å². The van der Waals surface area contributed by atoms with Crippen LogP contribution in [0.25, 0.3) is 0 Å². The monoisotopic (exact) mass is 258 g/mol. The van der Waals surface area contributed by atoms with Crippen molar-refractivity contribution in [2.24, 2.45) is 5.92 Å². The van der Waals surface area contributed by atoms with Crippen molar-refractivity contribution in [1.82, 2.24) is 20.1 Å². The summed E-state index contributed by atoms with van der Waals surface area (Å²) in [6, 6.07) is 0. The van der Waals surface area contributed by atoms with Gasteiger partial charge in [0, 0.05) is 6.54 Å². The number of aliphatic hydroxyl groups is 3. The van der Waals surface area contributed by atoms with Crippen molar-refractivity contribution in [1.29, 1.82) is 0 Å². The smallest absolute Gasteiger partial charge is 0.140 e. The fourth-order valence-corrected chi connectivity index (χ4v) is 1.51. The lowest BCUT2D eigenvalue weighted by Crippen LogP contribution is -2.54. The van der Waals surface area contributed by atoms with E-state index in [0.717, 1.165) is 6.54 Å². The van der Waals surface area contributed by atoms with Crippen LogP contribution in [0.1, 0.15) is 19.7 Å². The van der Waals surface area contributed by atoms with Crippen LogP contribution < -0.4 is 5.32 Å². The lowest BCUT2D eigenvalue weighted by molar-refractivity contribution is 0.0406. The Morgan fingerprint density at radius 3 is 2.39 bits per heavy atom. The predicted octanol–water partition coefficient (Wildman–Crippen LogP) is -1.26. The molecule has 0 fully saturated rings. The molecule has 1 rings (SSSR count). The van der Waals surface area contributed by atoms with E-state index in [0.29, 0.717) is 18.3 Å². The summed E-state index contributed by atoms with van der Waals surface area (Å²) < 4.78 is 1.77. The number of hydrogen-bond donors (Lipinski definition) is 4. The van der Waals surface area contributed by atoms with E-state index in [4.69, 9.17) is 0 Å². The van der Waals surface area contributed by atoms with Crippen molar-refractivity contribution < 1.29 is 15.3 Å². The summed E-state index contributed by atoms with van der Waals surface area (Å²) in [5.41, 5.74) is -1.09. The normalized spacial score (nSPS) is 12.3. The molecular formula is C11H22N4O3. The van der Waals surface area contributed by atoms with Crippen molar-refractivity contribution in [3.05, 3.63) is 12.2 Å². The molecule has 1 aromatic rings. The fourth-order valence-electron chi connectivity index (χ4n) is 1.51. The molecule has 4 N–H and O–H groups in total. The van der Waals surface area contributed by atoms with Crippen LogP contribution in [0.3, 0.4) is 0 Å². The van der Waals surface area contributed by atoms with E-state index in [2.05, 4.69) is 29.2 Å². The van der Waals surface area contributed by atoms with Gasteiger partial charge in [0.1, 0.15) is 12.2 Å². The van der Waals surface area contributed by atoms with Crippen LogP contribution >= 0.6 is 0 Å². The molecule has 0 aliphatic carbocycles. The van der Waals surface area contributed by atoms with Gasteiger partial charge in [0.15, 0.2) is 0 Å². The SMILES string of the molecule is CC(C)Cn1ncnc1CNC(CO)(CO)CO. The Morgan fingerprint density at radius 2 is 1.89 bits per heavy atom. The Hall–Kier alpha value is -1.02. The average Bonchev–Trinajstić information content (AvgIpc) is 2.78. The highest BCUT2D eigenvalue weighted by Gasteiger charge is 2.27. The molecule has 0 aliphatic rings. The minimum atomic E-state index is -1.09. The molecule has 0 saturated carbocycles. The van der Waals surface area contributed by atoms with Crippen LogP contribution in [-0.4, -0.2) is 55.4 Å². The zero-order valence-electron chi connectivity index (χ0n) is 10.9. The molecule has 1 heterocycles. The molecule has 0 atom stereocenters. The standard InChI is InChI=1S/C11H22N4O3/c1-9(2)4-15-10(12-8-14-15)3-13-11(5-16,6-17)7-18/h8-9,13,16-18H,3-7H2,1-2H3. The van der Waals surface area contributed by atoms with Gasteiger partial charge in [-0.1, -0.05) is 13.8 Å². The van der Waals surface area contributed by atoms with E-state index < -0.39 is 5.54 Å². The molecule has 1 aromatic heterocycles. The number of hydrogen-bond acceptors (Lipinski definition) is 6. The zero-order chi connectivity index (χ0) is 13.6. The third kappa shape index (κ3) is 3.74. The van der Waals surface area contributed by atoms with Crippen LogP contribution in [-0.2, 0) is 13.1 Å². The number of aliphatic hydroxyl groups excluding tert-OH is 3. The quantitative estimate of drug-likeness (QED) is 0.464. The van der Waals surface area contributed by atoms with Crippen molar-refractivity contribution in [3.8, 4) is 0 Å². The van der Waals surface area contributed by atoms with Crippen molar-refractivity contribution in [2.45, 2.75) is 32.5 Å². The van der Waals surface area contributed by atoms with Crippen LogP contribution in [0, 0.1) is 5.92 Å². The molecule has 0 radical (unpaired) electrons. The molecule has 104 valence electrons. The third-order valence-electron chi connectivity index (χ3n) is 2.76. The Labute approximate surface area is 106 Å². The van der Waals surface area contributed by atoms with E-state index in [9.17, 15) is 15.3 Å². The molecule has 0 amide bonds. The molecular weight excluding hydrogens is 236 g/mol. The molecule has 7 nitrogen and oxygen atoms in total. The summed E-state index contributed by atoms with van der Waals surface area (Å²) in [6.07, 6.45) is 1.47. The highest BCUT2D eigenvalue weighted by Crippen LogP contribution is 2.05. The number of nitrogens with zero attached hydrogens (tertiary/aromatic N) is 3. The van der Waals surface area contributed by atoms with Crippen LogP contribution in [0.5, 0.6) is 0 Å². The fraction of sp³-hybridized carbons (Fsp3) is 0.818. The minimum absolute atomic E-state index is 0.328. The maximum atomic E-state index is 9.19.